The first kappa shape index (κ1) is 25.5. The molecule has 0 N–H and O–H groups in total. The van der Waals surface area contributed by atoms with Gasteiger partial charge in [0.1, 0.15) is 5.75 Å². The molecule has 0 saturated carbocycles. The SMILES string of the molecule is CC(=O)Oc1ccc(N2C(=O)[C@@H]3[C@H]4c5ccc(C(C)(C)C)cc5[C@H](c5ccc(C(C)(C)C)cc54)[C@H]3C2=O)cc1. The summed E-state index contributed by atoms with van der Waals surface area (Å²) in [6.45, 7) is 14.6. The molecule has 7 rings (SSSR count). The topological polar surface area (TPSA) is 63.7 Å². The van der Waals surface area contributed by atoms with E-state index >= 15 is 0 Å². The Morgan fingerprint density at radius 2 is 1.10 bits per heavy atom. The Morgan fingerprint density at radius 1 is 0.667 bits per heavy atom. The third-order valence-corrected chi connectivity index (χ3v) is 8.72. The van der Waals surface area contributed by atoms with Crippen LogP contribution < -0.4 is 9.64 Å². The van der Waals surface area contributed by atoms with Crippen molar-refractivity contribution < 1.29 is 19.1 Å². The average molecular weight is 522 g/mol. The third-order valence-electron chi connectivity index (χ3n) is 8.72. The van der Waals surface area contributed by atoms with Crippen LogP contribution in [0.25, 0.3) is 0 Å². The van der Waals surface area contributed by atoms with Gasteiger partial charge in [0.05, 0.1) is 17.5 Å². The molecule has 3 aromatic rings. The monoisotopic (exact) mass is 521 g/mol. The van der Waals surface area contributed by atoms with Crippen molar-refractivity contribution in [2.24, 2.45) is 11.8 Å². The zero-order valence-electron chi connectivity index (χ0n) is 23.7. The highest BCUT2D eigenvalue weighted by atomic mass is 16.5. The number of carbonyl (C=O) groups excluding carboxylic acids is 3. The highest BCUT2D eigenvalue weighted by molar-refractivity contribution is 6.23. The van der Waals surface area contributed by atoms with Crippen molar-refractivity contribution >= 4 is 23.5 Å². The fourth-order valence-electron chi connectivity index (χ4n) is 6.79. The molecule has 2 amide bonds. The van der Waals surface area contributed by atoms with E-state index in [4.69, 9.17) is 4.74 Å². The Bertz CT molecular complexity index is 1450. The minimum absolute atomic E-state index is 0.0325. The fourth-order valence-corrected chi connectivity index (χ4v) is 6.79. The van der Waals surface area contributed by atoms with E-state index in [0.29, 0.717) is 11.4 Å². The molecule has 3 aromatic carbocycles. The largest absolute Gasteiger partial charge is 0.427 e. The fraction of sp³-hybridized carbons (Fsp3) is 0.382. The Labute approximate surface area is 230 Å². The zero-order chi connectivity index (χ0) is 28.0. The summed E-state index contributed by atoms with van der Waals surface area (Å²) in [5, 5.41) is 0. The van der Waals surface area contributed by atoms with Crippen molar-refractivity contribution in [3.8, 4) is 5.75 Å². The standard InChI is InChI=1S/C34H35NO4/c1-18(36)39-22-12-10-21(11-13-22)35-31(37)29-27-24-15-9-20(34(5,6)7)17-26(24)28(30(29)32(35)38)23-14-8-19(16-25(23)27)33(2,3)4/h8-17,27-30H,1-7H3/t27-,28-,29+,30+/m0/s1. The maximum absolute atomic E-state index is 14.2. The predicted octanol–water partition coefficient (Wildman–Crippen LogP) is 6.60. The Balaban J connectivity index is 1.51. The number of esters is 1. The normalized spacial score (nSPS) is 23.4. The van der Waals surface area contributed by atoms with E-state index in [-0.39, 0.29) is 34.5 Å². The van der Waals surface area contributed by atoms with E-state index in [9.17, 15) is 14.4 Å². The lowest BCUT2D eigenvalue weighted by Crippen LogP contribution is -2.42. The number of hydrogen-bond donors (Lipinski definition) is 0. The van der Waals surface area contributed by atoms with Crippen LogP contribution >= 0.6 is 0 Å². The van der Waals surface area contributed by atoms with Crippen molar-refractivity contribution in [3.05, 3.63) is 94.0 Å². The molecular weight excluding hydrogens is 486 g/mol. The Morgan fingerprint density at radius 3 is 1.49 bits per heavy atom. The zero-order valence-corrected chi connectivity index (χ0v) is 23.7. The molecular formula is C34H35NO4. The van der Waals surface area contributed by atoms with Crippen LogP contribution in [0.5, 0.6) is 5.75 Å². The average Bonchev–Trinajstić information content (AvgIpc) is 3.13. The molecule has 5 heteroatoms. The predicted molar refractivity (Wildman–Crippen MR) is 151 cm³/mol. The highest BCUT2D eigenvalue weighted by Gasteiger charge is 2.62. The number of benzene rings is 3. The molecule has 1 saturated heterocycles. The molecule has 39 heavy (non-hydrogen) atoms. The van der Waals surface area contributed by atoms with Crippen molar-refractivity contribution in [2.75, 3.05) is 4.90 Å². The number of imide groups is 1. The van der Waals surface area contributed by atoms with Crippen LogP contribution in [0.15, 0.2) is 60.7 Å². The van der Waals surface area contributed by atoms with Crippen molar-refractivity contribution in [1.29, 1.82) is 0 Å². The quantitative estimate of drug-likeness (QED) is 0.216. The van der Waals surface area contributed by atoms with E-state index in [1.165, 1.54) is 45.2 Å². The molecule has 0 aromatic heterocycles. The van der Waals surface area contributed by atoms with Gasteiger partial charge in [-0.1, -0.05) is 77.9 Å². The van der Waals surface area contributed by atoms with E-state index in [0.717, 1.165) is 0 Å². The molecule has 1 heterocycles. The molecule has 0 radical (unpaired) electrons. The van der Waals surface area contributed by atoms with Gasteiger partial charge in [-0.25, -0.2) is 4.90 Å². The summed E-state index contributed by atoms with van der Waals surface area (Å²) in [6.07, 6.45) is 0. The van der Waals surface area contributed by atoms with Gasteiger partial charge in [0.15, 0.2) is 0 Å². The molecule has 200 valence electrons. The van der Waals surface area contributed by atoms with E-state index in [1.807, 2.05) is 0 Å². The summed E-state index contributed by atoms with van der Waals surface area (Å²) in [4.78, 5) is 41.0. The van der Waals surface area contributed by atoms with Crippen molar-refractivity contribution in [2.45, 2.75) is 71.1 Å². The van der Waals surface area contributed by atoms with Crippen LogP contribution in [-0.2, 0) is 25.2 Å². The number of anilines is 1. The number of rotatable bonds is 2. The van der Waals surface area contributed by atoms with Gasteiger partial charge in [-0.15, -0.1) is 0 Å². The number of carbonyl (C=O) groups is 3. The van der Waals surface area contributed by atoms with Crippen LogP contribution in [0.1, 0.15) is 93.7 Å². The summed E-state index contributed by atoms with van der Waals surface area (Å²) < 4.78 is 5.16. The van der Waals surface area contributed by atoms with Crippen molar-refractivity contribution in [3.63, 3.8) is 0 Å². The number of hydrogen-bond acceptors (Lipinski definition) is 4. The van der Waals surface area contributed by atoms with Crippen LogP contribution in [0.3, 0.4) is 0 Å². The maximum Gasteiger partial charge on any atom is 0.308 e. The molecule has 5 nitrogen and oxygen atoms in total. The molecule has 0 spiro atoms. The molecule has 4 atom stereocenters. The first-order chi connectivity index (χ1) is 18.3. The molecule has 2 bridgehead atoms. The molecule has 1 fully saturated rings. The molecule has 3 aliphatic carbocycles. The van der Waals surface area contributed by atoms with Crippen LogP contribution in [0.2, 0.25) is 0 Å². The number of nitrogens with zero attached hydrogens (tertiary/aromatic N) is 1. The van der Waals surface area contributed by atoms with Gasteiger partial charge in [-0.05, 0) is 68.5 Å². The summed E-state index contributed by atoms with van der Waals surface area (Å²) in [5.41, 5.74) is 7.59. The molecule has 4 aliphatic rings. The molecule has 0 unspecified atom stereocenters. The van der Waals surface area contributed by atoms with Crippen LogP contribution in [0.4, 0.5) is 5.69 Å². The number of ether oxygens (including phenoxy) is 1. The van der Waals surface area contributed by atoms with Gasteiger partial charge in [-0.2, -0.15) is 0 Å². The van der Waals surface area contributed by atoms with Crippen molar-refractivity contribution in [1.82, 2.24) is 0 Å². The second-order valence-corrected chi connectivity index (χ2v) is 13.3. The number of amides is 2. The minimum Gasteiger partial charge on any atom is -0.427 e. The first-order valence-corrected chi connectivity index (χ1v) is 13.7. The van der Waals surface area contributed by atoms with Gasteiger partial charge < -0.3 is 4.74 Å². The Kier molecular flexibility index (Phi) is 5.49. The first-order valence-electron chi connectivity index (χ1n) is 13.7. The van der Waals surface area contributed by atoms with Gasteiger partial charge in [0.25, 0.3) is 0 Å². The van der Waals surface area contributed by atoms with Crippen LogP contribution in [-0.4, -0.2) is 17.8 Å². The van der Waals surface area contributed by atoms with Crippen LogP contribution in [0, 0.1) is 11.8 Å². The summed E-state index contributed by atoms with van der Waals surface area (Å²) in [6, 6.07) is 20.0. The van der Waals surface area contributed by atoms with Gasteiger partial charge in [0, 0.05) is 18.8 Å². The van der Waals surface area contributed by atoms with E-state index < -0.39 is 17.8 Å². The summed E-state index contributed by atoms with van der Waals surface area (Å²) in [7, 11) is 0. The minimum atomic E-state index is -0.452. The summed E-state index contributed by atoms with van der Waals surface area (Å²) >= 11 is 0. The smallest absolute Gasteiger partial charge is 0.308 e. The van der Waals surface area contributed by atoms with Gasteiger partial charge in [0.2, 0.25) is 11.8 Å². The molecule has 1 aliphatic heterocycles. The van der Waals surface area contributed by atoms with E-state index in [1.54, 1.807) is 24.3 Å². The van der Waals surface area contributed by atoms with Gasteiger partial charge in [-0.3, -0.25) is 14.4 Å². The lowest BCUT2D eigenvalue weighted by Gasteiger charge is -2.47. The lowest BCUT2D eigenvalue weighted by molar-refractivity contribution is -0.132. The second kappa shape index (κ2) is 8.38. The highest BCUT2D eigenvalue weighted by Crippen LogP contribution is 2.62. The second-order valence-electron chi connectivity index (χ2n) is 13.3. The third kappa shape index (κ3) is 3.85. The summed E-state index contributed by atoms with van der Waals surface area (Å²) in [5.74, 6) is -1.61. The Hall–Kier alpha value is -3.73. The maximum atomic E-state index is 14.2. The van der Waals surface area contributed by atoms with Gasteiger partial charge >= 0.3 is 5.97 Å². The lowest BCUT2D eigenvalue weighted by atomic mass is 9.54. The van der Waals surface area contributed by atoms with E-state index in [2.05, 4.69) is 77.9 Å².